The van der Waals surface area contributed by atoms with Crippen LogP contribution in [0.1, 0.15) is 31.1 Å². The standard InChI is InChI=1S/C19H24N2O3S/c1-4-21(5-2)12-16(22)20-18-17(19(23)24-6-3)15(13-25-18)14-10-8-7-9-11-14/h7-11,13H,4-6,12H2,1-3H3,(H,20,22). The molecule has 0 aliphatic carbocycles. The fourth-order valence-electron chi connectivity index (χ4n) is 2.50. The van der Waals surface area contributed by atoms with E-state index in [4.69, 9.17) is 4.74 Å². The Bertz CT molecular complexity index is 709. The summed E-state index contributed by atoms with van der Waals surface area (Å²) in [6.45, 7) is 7.98. The summed E-state index contributed by atoms with van der Waals surface area (Å²) in [6, 6.07) is 9.63. The molecule has 0 radical (unpaired) electrons. The van der Waals surface area contributed by atoms with Crippen LogP contribution in [0, 0.1) is 0 Å². The number of rotatable bonds is 8. The number of thiophene rings is 1. The van der Waals surface area contributed by atoms with Gasteiger partial charge in [0, 0.05) is 10.9 Å². The highest BCUT2D eigenvalue weighted by molar-refractivity contribution is 7.15. The fraction of sp³-hybridized carbons (Fsp3) is 0.368. The Labute approximate surface area is 152 Å². The van der Waals surface area contributed by atoms with Gasteiger partial charge in [-0.1, -0.05) is 44.2 Å². The lowest BCUT2D eigenvalue weighted by molar-refractivity contribution is -0.117. The molecule has 0 aliphatic heterocycles. The summed E-state index contributed by atoms with van der Waals surface area (Å²) in [5, 5.41) is 5.30. The Hall–Kier alpha value is -2.18. The Balaban J connectivity index is 2.30. The third-order valence-electron chi connectivity index (χ3n) is 3.87. The van der Waals surface area contributed by atoms with Gasteiger partial charge in [0.15, 0.2) is 0 Å². The number of ether oxygens (including phenoxy) is 1. The molecule has 25 heavy (non-hydrogen) atoms. The van der Waals surface area contributed by atoms with Gasteiger partial charge in [-0.25, -0.2) is 4.79 Å². The molecule has 0 saturated heterocycles. The van der Waals surface area contributed by atoms with Gasteiger partial charge in [0.05, 0.1) is 13.2 Å². The summed E-state index contributed by atoms with van der Waals surface area (Å²) in [5.41, 5.74) is 2.12. The molecule has 134 valence electrons. The van der Waals surface area contributed by atoms with Gasteiger partial charge in [0.2, 0.25) is 5.91 Å². The van der Waals surface area contributed by atoms with Crippen molar-refractivity contribution in [3.63, 3.8) is 0 Å². The molecule has 1 N–H and O–H groups in total. The number of anilines is 1. The summed E-state index contributed by atoms with van der Waals surface area (Å²) in [6.07, 6.45) is 0. The van der Waals surface area contributed by atoms with Crippen LogP contribution in [0.2, 0.25) is 0 Å². The van der Waals surface area contributed by atoms with E-state index in [1.165, 1.54) is 11.3 Å². The van der Waals surface area contributed by atoms with Crippen LogP contribution in [0.3, 0.4) is 0 Å². The number of amides is 1. The summed E-state index contributed by atoms with van der Waals surface area (Å²) in [5.74, 6) is -0.545. The van der Waals surface area contributed by atoms with E-state index in [9.17, 15) is 9.59 Å². The van der Waals surface area contributed by atoms with Gasteiger partial charge in [-0.15, -0.1) is 11.3 Å². The average molecular weight is 360 g/mol. The van der Waals surface area contributed by atoms with E-state index in [0.717, 1.165) is 24.2 Å². The van der Waals surface area contributed by atoms with Gasteiger partial charge in [-0.3, -0.25) is 9.69 Å². The largest absolute Gasteiger partial charge is 0.462 e. The van der Waals surface area contributed by atoms with E-state index in [2.05, 4.69) is 5.32 Å². The van der Waals surface area contributed by atoms with Crippen LogP contribution >= 0.6 is 11.3 Å². The normalized spacial score (nSPS) is 10.7. The van der Waals surface area contributed by atoms with Crippen molar-refractivity contribution in [2.24, 2.45) is 0 Å². The van der Waals surface area contributed by atoms with Crippen molar-refractivity contribution < 1.29 is 14.3 Å². The Kier molecular flexibility index (Phi) is 7.16. The lowest BCUT2D eigenvalue weighted by Gasteiger charge is -2.17. The highest BCUT2D eigenvalue weighted by atomic mass is 32.1. The van der Waals surface area contributed by atoms with Crippen LogP contribution in [-0.2, 0) is 9.53 Å². The van der Waals surface area contributed by atoms with Crippen molar-refractivity contribution >= 4 is 28.2 Å². The van der Waals surface area contributed by atoms with E-state index in [-0.39, 0.29) is 12.5 Å². The van der Waals surface area contributed by atoms with Crippen LogP contribution in [0.4, 0.5) is 5.00 Å². The van der Waals surface area contributed by atoms with Crippen LogP contribution in [-0.4, -0.2) is 43.0 Å². The summed E-state index contributed by atoms with van der Waals surface area (Å²) < 4.78 is 5.20. The zero-order valence-electron chi connectivity index (χ0n) is 14.9. The van der Waals surface area contributed by atoms with E-state index in [1.54, 1.807) is 6.92 Å². The van der Waals surface area contributed by atoms with Gasteiger partial charge in [-0.2, -0.15) is 0 Å². The van der Waals surface area contributed by atoms with Gasteiger partial charge >= 0.3 is 5.97 Å². The third kappa shape index (κ3) is 4.90. The van der Waals surface area contributed by atoms with E-state index in [1.807, 2.05) is 54.5 Å². The molecule has 1 heterocycles. The minimum absolute atomic E-state index is 0.129. The average Bonchev–Trinajstić information content (AvgIpc) is 3.04. The monoisotopic (exact) mass is 360 g/mol. The maximum Gasteiger partial charge on any atom is 0.341 e. The van der Waals surface area contributed by atoms with Crippen molar-refractivity contribution in [1.82, 2.24) is 4.90 Å². The first-order valence-electron chi connectivity index (χ1n) is 8.46. The lowest BCUT2D eigenvalue weighted by Crippen LogP contribution is -2.33. The molecule has 6 heteroatoms. The summed E-state index contributed by atoms with van der Waals surface area (Å²) >= 11 is 1.34. The van der Waals surface area contributed by atoms with Crippen molar-refractivity contribution in [3.8, 4) is 11.1 Å². The number of benzene rings is 1. The smallest absolute Gasteiger partial charge is 0.341 e. The summed E-state index contributed by atoms with van der Waals surface area (Å²) in [7, 11) is 0. The first-order valence-corrected chi connectivity index (χ1v) is 9.34. The highest BCUT2D eigenvalue weighted by Gasteiger charge is 2.23. The Morgan fingerprint density at radius 2 is 1.80 bits per heavy atom. The molecule has 0 unspecified atom stereocenters. The van der Waals surface area contributed by atoms with Crippen molar-refractivity contribution in [2.75, 3.05) is 31.6 Å². The molecule has 0 aliphatic rings. The molecule has 2 aromatic rings. The second-order valence-corrected chi connectivity index (χ2v) is 6.33. The number of carbonyl (C=O) groups is 2. The van der Waals surface area contributed by atoms with E-state index >= 15 is 0 Å². The van der Waals surface area contributed by atoms with Crippen molar-refractivity contribution in [3.05, 3.63) is 41.3 Å². The Morgan fingerprint density at radius 3 is 2.40 bits per heavy atom. The molecular weight excluding hydrogens is 336 g/mol. The second-order valence-electron chi connectivity index (χ2n) is 5.45. The minimum Gasteiger partial charge on any atom is -0.462 e. The second kappa shape index (κ2) is 9.34. The van der Waals surface area contributed by atoms with E-state index in [0.29, 0.717) is 17.1 Å². The maximum atomic E-state index is 12.5. The highest BCUT2D eigenvalue weighted by Crippen LogP contribution is 2.36. The molecule has 1 aromatic carbocycles. The topological polar surface area (TPSA) is 58.6 Å². The number of nitrogens with zero attached hydrogens (tertiary/aromatic N) is 1. The number of likely N-dealkylation sites (N-methyl/N-ethyl adjacent to an activating group) is 1. The first kappa shape index (κ1) is 19.1. The van der Waals surface area contributed by atoms with Crippen molar-refractivity contribution in [1.29, 1.82) is 0 Å². The maximum absolute atomic E-state index is 12.5. The molecule has 0 atom stereocenters. The van der Waals surface area contributed by atoms with Crippen LogP contribution < -0.4 is 5.32 Å². The molecule has 1 amide bonds. The molecule has 0 saturated carbocycles. The number of esters is 1. The van der Waals surface area contributed by atoms with Gasteiger partial charge in [-0.05, 0) is 25.6 Å². The van der Waals surface area contributed by atoms with Gasteiger partial charge < -0.3 is 10.1 Å². The summed E-state index contributed by atoms with van der Waals surface area (Å²) in [4.78, 5) is 26.8. The number of hydrogen-bond acceptors (Lipinski definition) is 5. The molecule has 0 bridgehead atoms. The molecule has 0 fully saturated rings. The predicted molar refractivity (Wildman–Crippen MR) is 102 cm³/mol. The van der Waals surface area contributed by atoms with Crippen LogP contribution in [0.15, 0.2) is 35.7 Å². The lowest BCUT2D eigenvalue weighted by atomic mass is 10.0. The molecule has 2 rings (SSSR count). The van der Waals surface area contributed by atoms with Crippen molar-refractivity contribution in [2.45, 2.75) is 20.8 Å². The predicted octanol–water partition coefficient (Wildman–Crippen LogP) is 3.87. The quantitative estimate of drug-likeness (QED) is 0.726. The zero-order valence-corrected chi connectivity index (χ0v) is 15.7. The third-order valence-corrected chi connectivity index (χ3v) is 4.77. The van der Waals surface area contributed by atoms with Gasteiger partial charge in [0.25, 0.3) is 0 Å². The molecule has 1 aromatic heterocycles. The SMILES string of the molecule is CCOC(=O)c1c(-c2ccccc2)csc1NC(=O)CN(CC)CC. The number of carbonyl (C=O) groups excluding carboxylic acids is 2. The zero-order chi connectivity index (χ0) is 18.2. The molecule has 0 spiro atoms. The van der Waals surface area contributed by atoms with Crippen LogP contribution in [0.5, 0.6) is 0 Å². The first-order chi connectivity index (χ1) is 12.1. The Morgan fingerprint density at radius 1 is 1.12 bits per heavy atom. The fourth-order valence-corrected chi connectivity index (χ4v) is 3.48. The van der Waals surface area contributed by atoms with Crippen LogP contribution in [0.25, 0.3) is 11.1 Å². The molecule has 5 nitrogen and oxygen atoms in total. The number of nitrogens with one attached hydrogen (secondary N) is 1. The molecular formula is C19H24N2O3S. The van der Waals surface area contributed by atoms with Gasteiger partial charge in [0.1, 0.15) is 10.6 Å². The van der Waals surface area contributed by atoms with E-state index < -0.39 is 5.97 Å². The number of hydrogen-bond donors (Lipinski definition) is 1. The minimum atomic E-state index is -0.416.